The Kier molecular flexibility index (Phi) is 4.74. The van der Waals surface area contributed by atoms with Gasteiger partial charge in [0.05, 0.1) is 16.0 Å². The second kappa shape index (κ2) is 6.96. The van der Waals surface area contributed by atoms with E-state index in [0.717, 1.165) is 0 Å². The van der Waals surface area contributed by atoms with Gasteiger partial charge >= 0.3 is 0 Å². The molecule has 25 heavy (non-hydrogen) atoms. The Morgan fingerprint density at radius 1 is 1.08 bits per heavy atom. The van der Waals surface area contributed by atoms with Crippen LogP contribution in [0.2, 0.25) is 10.0 Å². The van der Waals surface area contributed by atoms with Crippen molar-refractivity contribution in [1.82, 2.24) is 0 Å². The van der Waals surface area contributed by atoms with E-state index in [1.54, 1.807) is 24.3 Å². The molecule has 0 N–H and O–H groups in total. The third kappa shape index (κ3) is 3.81. The smallest absolute Gasteiger partial charge is 0.273 e. The van der Waals surface area contributed by atoms with Gasteiger partial charge in [0, 0.05) is 16.7 Å². The second-order valence-corrected chi connectivity index (χ2v) is 5.81. The first kappa shape index (κ1) is 17.0. The predicted molar refractivity (Wildman–Crippen MR) is 92.7 cm³/mol. The molecule has 0 saturated carbocycles. The first-order valence-corrected chi connectivity index (χ1v) is 7.69. The van der Waals surface area contributed by atoms with Crippen LogP contribution in [0.5, 0.6) is 11.5 Å². The summed E-state index contributed by atoms with van der Waals surface area (Å²) in [6.45, 7) is 0. The van der Waals surface area contributed by atoms with E-state index in [2.05, 4.69) is 0 Å². The number of hydrogen-bond donors (Lipinski definition) is 0. The van der Waals surface area contributed by atoms with Crippen LogP contribution in [-0.2, 0) is 0 Å². The number of ether oxygens (including phenoxy) is 1. The highest BCUT2D eigenvalue weighted by molar-refractivity contribution is 6.35. The van der Waals surface area contributed by atoms with Gasteiger partial charge in [-0.25, -0.2) is 0 Å². The van der Waals surface area contributed by atoms with Crippen LogP contribution in [0.3, 0.4) is 0 Å². The summed E-state index contributed by atoms with van der Waals surface area (Å²) in [6, 6.07) is 11.8. The van der Waals surface area contributed by atoms with Crippen LogP contribution in [-0.4, -0.2) is 11.2 Å². The molecule has 1 heterocycles. The maximum absolute atomic E-state index is 11.2. The van der Waals surface area contributed by atoms with Crippen LogP contribution in [0.1, 0.15) is 10.6 Å². The average molecular weight is 378 g/mol. The van der Waals surface area contributed by atoms with Crippen LogP contribution in [0, 0.1) is 10.1 Å². The molecule has 0 bridgehead atoms. The molecule has 0 radical (unpaired) electrons. The van der Waals surface area contributed by atoms with Gasteiger partial charge in [-0.1, -0.05) is 23.2 Å². The lowest BCUT2D eigenvalue weighted by Crippen LogP contribution is -1.92. The Bertz CT molecular complexity index is 967. The van der Waals surface area contributed by atoms with Gasteiger partial charge in [0.2, 0.25) is 0 Å². The third-order valence-electron chi connectivity index (χ3n) is 3.25. The molecule has 0 saturated heterocycles. The number of halogens is 2. The van der Waals surface area contributed by atoms with Crippen molar-refractivity contribution in [2.24, 2.45) is 0 Å². The highest BCUT2D eigenvalue weighted by Crippen LogP contribution is 2.36. The zero-order chi connectivity index (χ0) is 18.0. The predicted octanol–water partition coefficient (Wildman–Crippen LogP) is 5.77. The minimum absolute atomic E-state index is 0.115. The number of carbonyl (C=O) groups excluding carboxylic acids is 1. The minimum Gasteiger partial charge on any atom is -0.456 e. The summed E-state index contributed by atoms with van der Waals surface area (Å²) < 4.78 is 11.0. The van der Waals surface area contributed by atoms with Crippen molar-refractivity contribution in [2.75, 3.05) is 0 Å². The summed E-state index contributed by atoms with van der Waals surface area (Å²) in [4.78, 5) is 21.4. The van der Waals surface area contributed by atoms with Crippen LogP contribution in [0.25, 0.3) is 11.3 Å². The van der Waals surface area contributed by atoms with Crippen molar-refractivity contribution >= 4 is 35.2 Å². The number of non-ortho nitro benzene ring substituents is 1. The number of benzene rings is 2. The largest absolute Gasteiger partial charge is 0.456 e. The fourth-order valence-corrected chi connectivity index (χ4v) is 2.59. The molecule has 0 aliphatic carbocycles. The van der Waals surface area contributed by atoms with E-state index in [1.807, 2.05) is 0 Å². The van der Waals surface area contributed by atoms with Crippen LogP contribution in [0.15, 0.2) is 52.9 Å². The van der Waals surface area contributed by atoms with Gasteiger partial charge in [-0.3, -0.25) is 14.9 Å². The molecule has 1 aromatic heterocycles. The lowest BCUT2D eigenvalue weighted by molar-refractivity contribution is -0.384. The van der Waals surface area contributed by atoms with E-state index in [-0.39, 0.29) is 22.2 Å². The number of carbonyl (C=O) groups is 1. The molecule has 0 amide bonds. The number of rotatable bonds is 5. The molecule has 6 nitrogen and oxygen atoms in total. The lowest BCUT2D eigenvalue weighted by Gasteiger charge is -2.09. The van der Waals surface area contributed by atoms with Gasteiger partial charge in [-0.2, -0.15) is 0 Å². The molecular weight excluding hydrogens is 369 g/mol. The van der Waals surface area contributed by atoms with Gasteiger partial charge in [0.1, 0.15) is 17.3 Å². The minimum atomic E-state index is -0.552. The van der Waals surface area contributed by atoms with Crippen LogP contribution in [0.4, 0.5) is 5.69 Å². The van der Waals surface area contributed by atoms with Crippen molar-refractivity contribution in [1.29, 1.82) is 0 Å². The number of furan rings is 1. The zero-order valence-corrected chi connectivity index (χ0v) is 14.0. The summed E-state index contributed by atoms with van der Waals surface area (Å²) in [5.74, 6) is 0.908. The van der Waals surface area contributed by atoms with E-state index < -0.39 is 4.92 Å². The normalized spacial score (nSPS) is 10.5. The number of nitrogens with zero attached hydrogens (tertiary/aromatic N) is 1. The summed E-state index contributed by atoms with van der Waals surface area (Å²) in [7, 11) is 0. The molecule has 8 heteroatoms. The first-order chi connectivity index (χ1) is 12.0. The van der Waals surface area contributed by atoms with E-state index in [1.165, 1.54) is 24.3 Å². The van der Waals surface area contributed by atoms with Gasteiger partial charge in [-0.15, -0.1) is 0 Å². The molecule has 0 aliphatic rings. The first-order valence-electron chi connectivity index (χ1n) is 6.94. The van der Waals surface area contributed by atoms with Crippen LogP contribution < -0.4 is 4.74 Å². The highest BCUT2D eigenvalue weighted by atomic mass is 35.5. The van der Waals surface area contributed by atoms with E-state index in [9.17, 15) is 14.9 Å². The molecule has 3 aromatic rings. The second-order valence-electron chi connectivity index (χ2n) is 4.97. The Morgan fingerprint density at radius 2 is 1.88 bits per heavy atom. The SMILES string of the molecule is O=Cc1ccc(-c2cc(Oc3ccc(Cl)cc3Cl)cc([N+](=O)[O-])c2)o1. The number of nitro groups is 1. The summed E-state index contributed by atoms with van der Waals surface area (Å²) in [6.07, 6.45) is 0.547. The van der Waals surface area contributed by atoms with Gasteiger partial charge in [-0.05, 0) is 36.4 Å². The van der Waals surface area contributed by atoms with E-state index >= 15 is 0 Å². The van der Waals surface area contributed by atoms with E-state index in [4.69, 9.17) is 32.4 Å². The zero-order valence-electron chi connectivity index (χ0n) is 12.4. The van der Waals surface area contributed by atoms with Crippen molar-refractivity contribution in [3.63, 3.8) is 0 Å². The molecule has 2 aromatic carbocycles. The monoisotopic (exact) mass is 377 g/mol. The fraction of sp³-hybridized carbons (Fsp3) is 0. The average Bonchev–Trinajstić information content (AvgIpc) is 3.06. The molecule has 0 unspecified atom stereocenters. The molecule has 126 valence electrons. The molecule has 0 atom stereocenters. The third-order valence-corrected chi connectivity index (χ3v) is 3.78. The summed E-state index contributed by atoms with van der Waals surface area (Å²) >= 11 is 11.9. The number of nitro benzene ring substituents is 1. The molecule has 3 rings (SSSR count). The van der Waals surface area contributed by atoms with Crippen molar-refractivity contribution < 1.29 is 18.9 Å². The maximum atomic E-state index is 11.2. The van der Waals surface area contributed by atoms with Crippen LogP contribution >= 0.6 is 23.2 Å². The Balaban J connectivity index is 2.03. The van der Waals surface area contributed by atoms with E-state index in [0.29, 0.717) is 28.4 Å². The lowest BCUT2D eigenvalue weighted by atomic mass is 10.1. The van der Waals surface area contributed by atoms with Gasteiger partial charge in [0.15, 0.2) is 12.0 Å². The Labute approximate surface area is 151 Å². The maximum Gasteiger partial charge on any atom is 0.273 e. The molecule has 0 spiro atoms. The van der Waals surface area contributed by atoms with Gasteiger partial charge in [0.25, 0.3) is 5.69 Å². The molecule has 0 aliphatic heterocycles. The fourth-order valence-electron chi connectivity index (χ4n) is 2.15. The standard InChI is InChI=1S/C17H9Cl2NO5/c18-11-1-3-17(15(19)7-11)25-14-6-10(5-12(8-14)20(22)23)16-4-2-13(9-21)24-16/h1-9H. The summed E-state index contributed by atoms with van der Waals surface area (Å²) in [5, 5.41) is 11.9. The number of hydrogen-bond acceptors (Lipinski definition) is 5. The Hall–Kier alpha value is -2.83. The topological polar surface area (TPSA) is 82.6 Å². The van der Waals surface area contributed by atoms with Gasteiger partial charge < -0.3 is 9.15 Å². The molecule has 0 fully saturated rings. The van der Waals surface area contributed by atoms with Crippen molar-refractivity contribution in [3.8, 4) is 22.8 Å². The van der Waals surface area contributed by atoms with Crippen molar-refractivity contribution in [2.45, 2.75) is 0 Å². The Morgan fingerprint density at radius 3 is 2.52 bits per heavy atom. The highest BCUT2D eigenvalue weighted by Gasteiger charge is 2.15. The van der Waals surface area contributed by atoms with Crippen molar-refractivity contribution in [3.05, 3.63) is 74.5 Å². The number of aldehydes is 1. The quantitative estimate of drug-likeness (QED) is 0.320. The summed E-state index contributed by atoms with van der Waals surface area (Å²) in [5.41, 5.74) is 0.198. The molecular formula is C17H9Cl2NO5.